The zero-order valence-electron chi connectivity index (χ0n) is 12.6. The molecular formula is C13H23NO6. The Labute approximate surface area is 118 Å². The van der Waals surface area contributed by atoms with Crippen LogP contribution in [0.5, 0.6) is 0 Å². The van der Waals surface area contributed by atoms with Gasteiger partial charge in [-0.2, -0.15) is 0 Å². The van der Waals surface area contributed by atoms with Gasteiger partial charge in [0.15, 0.2) is 0 Å². The van der Waals surface area contributed by atoms with Crippen LogP contribution in [0.25, 0.3) is 0 Å². The fourth-order valence-electron chi connectivity index (χ4n) is 1.51. The summed E-state index contributed by atoms with van der Waals surface area (Å²) >= 11 is 0. The molecule has 0 spiro atoms. The first-order chi connectivity index (χ1) is 9.12. The highest BCUT2D eigenvalue weighted by molar-refractivity contribution is 5.85. The van der Waals surface area contributed by atoms with E-state index in [0.717, 1.165) is 4.90 Å². The molecule has 0 aromatic heterocycles. The van der Waals surface area contributed by atoms with Crippen LogP contribution >= 0.6 is 0 Å². The van der Waals surface area contributed by atoms with Crippen molar-refractivity contribution in [2.24, 2.45) is 0 Å². The fraction of sp³-hybridized carbons (Fsp3) is 0.769. The molecule has 0 saturated heterocycles. The minimum atomic E-state index is -1.29. The third-order valence-electron chi connectivity index (χ3n) is 2.34. The lowest BCUT2D eigenvalue weighted by Gasteiger charge is -2.30. The molecule has 0 rings (SSSR count). The van der Waals surface area contributed by atoms with E-state index in [1.165, 1.54) is 7.11 Å². The summed E-state index contributed by atoms with van der Waals surface area (Å²) in [5, 5.41) is 9.20. The smallest absolute Gasteiger partial charge is 0.411 e. The van der Waals surface area contributed by atoms with Crippen LogP contribution in [-0.4, -0.2) is 53.3 Å². The first-order valence-corrected chi connectivity index (χ1v) is 6.41. The number of rotatable bonds is 6. The molecule has 7 nitrogen and oxygen atoms in total. The highest BCUT2D eigenvalue weighted by Crippen LogP contribution is 2.15. The molecule has 20 heavy (non-hydrogen) atoms. The number of carbonyl (C=O) groups excluding carboxylic acids is 2. The number of ether oxygens (including phenoxy) is 2. The summed E-state index contributed by atoms with van der Waals surface area (Å²) in [6, 6.07) is -1.29. The number of nitrogens with zero attached hydrogens (tertiary/aromatic N) is 1. The second-order valence-electron chi connectivity index (χ2n) is 5.31. The van der Waals surface area contributed by atoms with Gasteiger partial charge in [-0.1, -0.05) is 6.92 Å². The number of esters is 1. The minimum Gasteiger partial charge on any atom is -0.480 e. The van der Waals surface area contributed by atoms with E-state index in [4.69, 9.17) is 4.74 Å². The van der Waals surface area contributed by atoms with Crippen molar-refractivity contribution in [3.8, 4) is 0 Å². The molecule has 0 saturated carbocycles. The predicted octanol–water partition coefficient (Wildman–Crippen LogP) is 1.65. The van der Waals surface area contributed by atoms with Crippen LogP contribution in [-0.2, 0) is 19.1 Å². The number of aliphatic carboxylic acids is 1. The largest absolute Gasteiger partial charge is 0.480 e. The Morgan fingerprint density at radius 1 is 1.25 bits per heavy atom. The molecule has 0 aromatic rings. The number of methoxy groups -OCH3 is 1. The van der Waals surface area contributed by atoms with Gasteiger partial charge < -0.3 is 14.6 Å². The Bertz CT molecular complexity index is 360. The second kappa shape index (κ2) is 7.72. The third kappa shape index (κ3) is 6.40. The second-order valence-corrected chi connectivity index (χ2v) is 5.31. The third-order valence-corrected chi connectivity index (χ3v) is 2.34. The van der Waals surface area contributed by atoms with Gasteiger partial charge in [0.25, 0.3) is 0 Å². The van der Waals surface area contributed by atoms with Crippen LogP contribution < -0.4 is 0 Å². The molecule has 1 amide bonds. The van der Waals surface area contributed by atoms with E-state index in [0.29, 0.717) is 6.42 Å². The van der Waals surface area contributed by atoms with Gasteiger partial charge in [-0.15, -0.1) is 0 Å². The van der Waals surface area contributed by atoms with Gasteiger partial charge in [0.1, 0.15) is 11.6 Å². The molecule has 0 unspecified atom stereocenters. The van der Waals surface area contributed by atoms with Crippen molar-refractivity contribution in [2.75, 3.05) is 13.7 Å². The summed E-state index contributed by atoms with van der Waals surface area (Å²) in [5.41, 5.74) is -0.739. The van der Waals surface area contributed by atoms with Crippen molar-refractivity contribution in [3.05, 3.63) is 0 Å². The monoisotopic (exact) mass is 289 g/mol. The maximum absolute atomic E-state index is 12.1. The summed E-state index contributed by atoms with van der Waals surface area (Å²) in [6.45, 7) is 7.04. The lowest BCUT2D eigenvalue weighted by Crippen LogP contribution is -2.48. The van der Waals surface area contributed by atoms with Crippen LogP contribution in [0, 0.1) is 0 Å². The molecule has 0 aliphatic carbocycles. The first-order valence-electron chi connectivity index (χ1n) is 6.41. The molecule has 116 valence electrons. The average molecular weight is 289 g/mol. The molecule has 0 aromatic carbocycles. The van der Waals surface area contributed by atoms with Gasteiger partial charge in [0, 0.05) is 6.54 Å². The molecule has 0 fully saturated rings. The van der Waals surface area contributed by atoms with E-state index in [9.17, 15) is 19.5 Å². The molecule has 0 radical (unpaired) electrons. The van der Waals surface area contributed by atoms with E-state index < -0.39 is 36.1 Å². The van der Waals surface area contributed by atoms with Crippen LogP contribution in [0.1, 0.15) is 40.5 Å². The lowest BCUT2D eigenvalue weighted by atomic mass is 10.1. The standard InChI is InChI=1S/C13H23NO6/c1-6-7-14(12(18)20-13(2,3)4)9(11(16)17)8-10(15)19-5/h9H,6-8H2,1-5H3,(H,16,17)/t9-/m1/s1. The number of amides is 1. The van der Waals surface area contributed by atoms with Crippen LogP contribution in [0.15, 0.2) is 0 Å². The summed E-state index contributed by atoms with van der Waals surface area (Å²) in [6.07, 6.45) is -0.620. The van der Waals surface area contributed by atoms with Crippen molar-refractivity contribution < 1.29 is 29.0 Å². The maximum Gasteiger partial charge on any atom is 0.411 e. The van der Waals surface area contributed by atoms with Crippen LogP contribution in [0.2, 0.25) is 0 Å². The van der Waals surface area contributed by atoms with Crippen molar-refractivity contribution in [2.45, 2.75) is 52.2 Å². The van der Waals surface area contributed by atoms with Gasteiger partial charge >= 0.3 is 18.0 Å². The first kappa shape index (κ1) is 18.2. The van der Waals surface area contributed by atoms with Crippen LogP contribution in [0.3, 0.4) is 0 Å². The molecular weight excluding hydrogens is 266 g/mol. The van der Waals surface area contributed by atoms with Crippen molar-refractivity contribution in [1.29, 1.82) is 0 Å². The Balaban J connectivity index is 5.12. The quantitative estimate of drug-likeness (QED) is 0.747. The Morgan fingerprint density at radius 2 is 1.80 bits per heavy atom. The van der Waals surface area contributed by atoms with E-state index >= 15 is 0 Å². The normalized spacial score (nSPS) is 12.4. The zero-order chi connectivity index (χ0) is 15.9. The number of carbonyl (C=O) groups is 3. The average Bonchev–Trinajstić information content (AvgIpc) is 2.30. The van der Waals surface area contributed by atoms with Crippen LogP contribution in [0.4, 0.5) is 4.79 Å². The highest BCUT2D eigenvalue weighted by Gasteiger charge is 2.34. The molecule has 0 aliphatic heterocycles. The molecule has 7 heteroatoms. The number of carboxylic acid groups (broad SMARTS) is 1. The van der Waals surface area contributed by atoms with Gasteiger partial charge in [-0.05, 0) is 27.2 Å². The SMILES string of the molecule is CCCN(C(=O)OC(C)(C)C)[C@H](CC(=O)OC)C(=O)O. The number of carboxylic acids is 1. The van der Waals surface area contributed by atoms with E-state index in [1.54, 1.807) is 27.7 Å². The van der Waals surface area contributed by atoms with Gasteiger partial charge in [-0.3, -0.25) is 9.69 Å². The summed E-state index contributed by atoms with van der Waals surface area (Å²) in [4.78, 5) is 35.7. The van der Waals surface area contributed by atoms with Crippen molar-refractivity contribution >= 4 is 18.0 Å². The van der Waals surface area contributed by atoms with Crippen molar-refractivity contribution in [3.63, 3.8) is 0 Å². The number of hydrogen-bond acceptors (Lipinski definition) is 5. The fourth-order valence-corrected chi connectivity index (χ4v) is 1.51. The molecule has 0 heterocycles. The van der Waals surface area contributed by atoms with Gasteiger partial charge in [0.2, 0.25) is 0 Å². The van der Waals surface area contributed by atoms with Crippen molar-refractivity contribution in [1.82, 2.24) is 4.90 Å². The lowest BCUT2D eigenvalue weighted by molar-refractivity contribution is -0.151. The van der Waals surface area contributed by atoms with Gasteiger partial charge in [-0.25, -0.2) is 9.59 Å². The topological polar surface area (TPSA) is 93.1 Å². The van der Waals surface area contributed by atoms with E-state index in [2.05, 4.69) is 4.74 Å². The summed E-state index contributed by atoms with van der Waals surface area (Å²) in [5.74, 6) is -1.96. The Hall–Kier alpha value is -1.79. The molecule has 1 N–H and O–H groups in total. The minimum absolute atomic E-state index is 0.183. The molecule has 0 aliphatic rings. The maximum atomic E-state index is 12.1. The Morgan fingerprint density at radius 3 is 2.15 bits per heavy atom. The summed E-state index contributed by atoms with van der Waals surface area (Å²) < 4.78 is 9.63. The molecule has 0 bridgehead atoms. The van der Waals surface area contributed by atoms with E-state index in [1.807, 2.05) is 0 Å². The zero-order valence-corrected chi connectivity index (χ0v) is 12.6. The number of hydrogen-bond donors (Lipinski definition) is 1. The predicted molar refractivity (Wildman–Crippen MR) is 71.3 cm³/mol. The summed E-state index contributed by atoms with van der Waals surface area (Å²) in [7, 11) is 1.17. The highest BCUT2D eigenvalue weighted by atomic mass is 16.6. The molecule has 1 atom stereocenters. The van der Waals surface area contributed by atoms with E-state index in [-0.39, 0.29) is 6.54 Å². The van der Waals surface area contributed by atoms with Gasteiger partial charge in [0.05, 0.1) is 13.5 Å². The Kier molecular flexibility index (Phi) is 7.02.